The number of anilines is 1. The molecule has 0 aromatic heterocycles. The third kappa shape index (κ3) is 6.77. The Labute approximate surface area is 191 Å². The molecule has 2 rings (SSSR count). The molecule has 1 aliphatic carbocycles. The summed E-state index contributed by atoms with van der Waals surface area (Å²) >= 11 is 29.5. The summed E-state index contributed by atoms with van der Waals surface area (Å²) < 4.78 is 5.23. The Morgan fingerprint density at radius 3 is 2.57 bits per heavy atom. The molecular weight excluding hydrogens is 465 g/mol. The highest BCUT2D eigenvalue weighted by Crippen LogP contribution is 2.30. The van der Waals surface area contributed by atoms with Gasteiger partial charge in [0, 0.05) is 18.3 Å². The molecule has 1 aromatic rings. The summed E-state index contributed by atoms with van der Waals surface area (Å²) in [5.74, 6) is 0. The van der Waals surface area contributed by atoms with Gasteiger partial charge in [-0.1, -0.05) is 83.3 Å². The minimum atomic E-state index is -1.13. The molecule has 1 aliphatic rings. The number of ether oxygens (including phenoxy) is 1. The van der Waals surface area contributed by atoms with Crippen LogP contribution in [0.3, 0.4) is 0 Å². The highest BCUT2D eigenvalue weighted by atomic mass is 35.5. The topological polar surface area (TPSA) is 41.6 Å². The molecule has 0 bridgehead atoms. The van der Waals surface area contributed by atoms with Gasteiger partial charge < -0.3 is 10.1 Å². The number of nitrogens with zero attached hydrogens (tertiary/aromatic N) is 1. The molecule has 0 spiro atoms. The number of rotatable bonds is 7. The minimum Gasteiger partial charge on any atom is -0.427 e. The standard InChI is InChI=1S/C19H23Cl5N2O2/c1-2-10-26(19(27)28-18(24)17(22)23)16-7-5-3-4-6-15(16)25-12-8-9-13(20)14(21)11-12/h2,8-9,11,15-18,25H,1,3-7,10H2. The van der Waals surface area contributed by atoms with Crippen molar-refractivity contribution in [3.63, 3.8) is 0 Å². The molecular formula is C19H23Cl5N2O2. The van der Waals surface area contributed by atoms with Crippen molar-refractivity contribution in [2.45, 2.75) is 54.6 Å². The van der Waals surface area contributed by atoms with E-state index in [2.05, 4.69) is 11.9 Å². The lowest BCUT2D eigenvalue weighted by atomic mass is 10.0. The maximum absolute atomic E-state index is 12.7. The largest absolute Gasteiger partial charge is 0.427 e. The van der Waals surface area contributed by atoms with Crippen molar-refractivity contribution in [1.29, 1.82) is 0 Å². The first-order valence-corrected chi connectivity index (χ1v) is 11.1. The molecule has 0 aliphatic heterocycles. The number of amides is 1. The van der Waals surface area contributed by atoms with E-state index in [0.717, 1.165) is 37.8 Å². The van der Waals surface area contributed by atoms with Crippen LogP contribution in [0.25, 0.3) is 0 Å². The van der Waals surface area contributed by atoms with E-state index in [1.54, 1.807) is 23.1 Å². The zero-order valence-electron chi connectivity index (χ0n) is 15.2. The molecule has 28 heavy (non-hydrogen) atoms. The molecule has 1 fully saturated rings. The summed E-state index contributed by atoms with van der Waals surface area (Å²) in [4.78, 5) is 13.4. The fraction of sp³-hybridized carbons (Fsp3) is 0.526. The van der Waals surface area contributed by atoms with Crippen molar-refractivity contribution in [2.75, 3.05) is 11.9 Å². The Morgan fingerprint density at radius 2 is 1.93 bits per heavy atom. The van der Waals surface area contributed by atoms with Gasteiger partial charge >= 0.3 is 6.09 Å². The quantitative estimate of drug-likeness (QED) is 0.253. The van der Waals surface area contributed by atoms with Crippen molar-refractivity contribution in [3.05, 3.63) is 40.9 Å². The average molecular weight is 489 g/mol. The molecule has 1 N–H and O–H groups in total. The first-order valence-electron chi connectivity index (χ1n) is 9.05. The van der Waals surface area contributed by atoms with Crippen LogP contribution in [0.2, 0.25) is 10.0 Å². The Bertz CT molecular complexity index is 674. The van der Waals surface area contributed by atoms with Gasteiger partial charge in [-0.15, -0.1) is 6.58 Å². The number of carbonyl (C=O) groups is 1. The Hall–Kier alpha value is -0.520. The second-order valence-electron chi connectivity index (χ2n) is 6.60. The van der Waals surface area contributed by atoms with Crippen LogP contribution in [-0.2, 0) is 4.74 Å². The molecule has 0 saturated heterocycles. The highest BCUT2D eigenvalue weighted by molar-refractivity contribution is 6.48. The summed E-state index contributed by atoms with van der Waals surface area (Å²) in [5, 5.41) is 4.46. The van der Waals surface area contributed by atoms with Gasteiger partial charge in [-0.3, -0.25) is 4.90 Å². The fourth-order valence-electron chi connectivity index (χ4n) is 3.33. The molecule has 3 unspecified atom stereocenters. The second-order valence-corrected chi connectivity index (χ2v) is 9.00. The first-order chi connectivity index (χ1) is 13.3. The van der Waals surface area contributed by atoms with Crippen molar-refractivity contribution >= 4 is 69.8 Å². The highest BCUT2D eigenvalue weighted by Gasteiger charge is 2.34. The number of halogens is 5. The summed E-state index contributed by atoms with van der Waals surface area (Å²) in [7, 11) is 0. The van der Waals surface area contributed by atoms with E-state index in [9.17, 15) is 4.79 Å². The van der Waals surface area contributed by atoms with Crippen LogP contribution in [0.15, 0.2) is 30.9 Å². The van der Waals surface area contributed by atoms with Crippen molar-refractivity contribution < 1.29 is 9.53 Å². The normalized spacial score (nSPS) is 20.9. The zero-order valence-corrected chi connectivity index (χ0v) is 19.0. The van der Waals surface area contributed by atoms with E-state index in [1.807, 2.05) is 6.07 Å². The van der Waals surface area contributed by atoms with Gasteiger partial charge in [0.05, 0.1) is 16.1 Å². The molecule has 1 aromatic carbocycles. The van der Waals surface area contributed by atoms with Gasteiger partial charge in [0.15, 0.2) is 4.84 Å². The van der Waals surface area contributed by atoms with Crippen LogP contribution >= 0.6 is 58.0 Å². The van der Waals surface area contributed by atoms with Crippen LogP contribution in [0, 0.1) is 0 Å². The molecule has 0 heterocycles. The van der Waals surface area contributed by atoms with E-state index in [1.165, 1.54) is 0 Å². The Kier molecular flexibility index (Phi) is 9.85. The van der Waals surface area contributed by atoms with Gasteiger partial charge in [0.2, 0.25) is 5.56 Å². The SMILES string of the molecule is C=CCN(C(=O)OC(Cl)C(Cl)Cl)C1CCCCCC1Nc1ccc(Cl)c(Cl)c1. The number of benzene rings is 1. The smallest absolute Gasteiger partial charge is 0.411 e. The summed E-state index contributed by atoms with van der Waals surface area (Å²) in [5.41, 5.74) is -0.287. The van der Waals surface area contributed by atoms with Crippen molar-refractivity contribution in [2.24, 2.45) is 0 Å². The zero-order chi connectivity index (χ0) is 20.7. The van der Waals surface area contributed by atoms with Gasteiger partial charge in [-0.05, 0) is 31.0 Å². The third-order valence-corrected chi connectivity index (χ3v) is 6.42. The van der Waals surface area contributed by atoms with Crippen molar-refractivity contribution in [1.82, 2.24) is 4.90 Å². The number of hydrogen-bond acceptors (Lipinski definition) is 3. The van der Waals surface area contributed by atoms with Gasteiger partial charge in [-0.2, -0.15) is 0 Å². The molecule has 0 radical (unpaired) electrons. The predicted octanol–water partition coefficient (Wildman–Crippen LogP) is 7.10. The van der Waals surface area contributed by atoms with E-state index in [-0.39, 0.29) is 12.1 Å². The molecule has 1 saturated carbocycles. The van der Waals surface area contributed by atoms with E-state index in [0.29, 0.717) is 16.6 Å². The average Bonchev–Trinajstić information content (AvgIpc) is 2.88. The first kappa shape index (κ1) is 23.8. The lowest BCUT2D eigenvalue weighted by molar-refractivity contribution is 0.0781. The van der Waals surface area contributed by atoms with E-state index in [4.69, 9.17) is 62.7 Å². The van der Waals surface area contributed by atoms with E-state index < -0.39 is 16.5 Å². The summed E-state index contributed by atoms with van der Waals surface area (Å²) in [6, 6.07) is 5.28. The van der Waals surface area contributed by atoms with E-state index >= 15 is 0 Å². The fourth-order valence-corrected chi connectivity index (χ4v) is 3.81. The molecule has 1 amide bonds. The number of carbonyl (C=O) groups excluding carboxylic acids is 1. The summed E-state index contributed by atoms with van der Waals surface area (Å²) in [6.45, 7) is 4.08. The van der Waals surface area contributed by atoms with Crippen LogP contribution in [0.1, 0.15) is 32.1 Å². The van der Waals surface area contributed by atoms with Gasteiger partial charge in [0.25, 0.3) is 0 Å². The monoisotopic (exact) mass is 486 g/mol. The van der Waals surface area contributed by atoms with Crippen molar-refractivity contribution in [3.8, 4) is 0 Å². The molecule has 156 valence electrons. The number of hydrogen-bond donors (Lipinski definition) is 1. The van der Waals surface area contributed by atoms with Crippen LogP contribution in [-0.4, -0.2) is 40.0 Å². The lowest BCUT2D eigenvalue weighted by Crippen LogP contribution is -2.50. The van der Waals surface area contributed by atoms with Crippen LogP contribution < -0.4 is 5.32 Å². The molecule has 4 nitrogen and oxygen atoms in total. The second kappa shape index (κ2) is 11.6. The number of nitrogens with one attached hydrogen (secondary N) is 1. The Morgan fingerprint density at radius 1 is 1.21 bits per heavy atom. The maximum Gasteiger partial charge on any atom is 0.411 e. The molecule has 3 atom stereocenters. The molecule has 9 heteroatoms. The Balaban J connectivity index is 2.22. The van der Waals surface area contributed by atoms with Crippen LogP contribution in [0.5, 0.6) is 0 Å². The van der Waals surface area contributed by atoms with Gasteiger partial charge in [0.1, 0.15) is 0 Å². The maximum atomic E-state index is 12.7. The minimum absolute atomic E-state index is 0.00353. The third-order valence-electron chi connectivity index (χ3n) is 4.62. The lowest BCUT2D eigenvalue weighted by Gasteiger charge is -2.36. The van der Waals surface area contributed by atoms with Crippen LogP contribution in [0.4, 0.5) is 10.5 Å². The number of alkyl halides is 3. The van der Waals surface area contributed by atoms with Gasteiger partial charge in [-0.25, -0.2) is 4.79 Å². The summed E-state index contributed by atoms with van der Waals surface area (Å²) in [6.07, 6.45) is 5.95. The predicted molar refractivity (Wildman–Crippen MR) is 119 cm³/mol.